The molecule has 0 atom stereocenters. The van der Waals surface area contributed by atoms with Gasteiger partial charge >= 0.3 is 5.97 Å². The second kappa shape index (κ2) is 8.31. The van der Waals surface area contributed by atoms with Crippen LogP contribution < -0.4 is 11.3 Å². The van der Waals surface area contributed by atoms with Crippen LogP contribution in [0.3, 0.4) is 0 Å². The third-order valence-electron chi connectivity index (χ3n) is 5.85. The average molecular weight is 450 g/mol. The number of aryl methyl sites for hydroxylation is 3. The van der Waals surface area contributed by atoms with Gasteiger partial charge in [-0.25, -0.2) is 14.6 Å². The molecule has 0 bridgehead atoms. The molecule has 0 radical (unpaired) electrons. The van der Waals surface area contributed by atoms with Crippen LogP contribution in [0.1, 0.15) is 41.2 Å². The minimum absolute atomic E-state index is 0.0559. The number of rotatable bonds is 4. The average Bonchev–Trinajstić information content (AvgIpc) is 2.98. The number of hydrogen-bond donors (Lipinski definition) is 1. The number of esters is 1. The molecule has 3 aromatic heterocycles. The van der Waals surface area contributed by atoms with E-state index in [0.29, 0.717) is 28.1 Å². The quantitative estimate of drug-likeness (QED) is 0.376. The number of aromatic nitrogens is 4. The Hall–Kier alpha value is -3.33. The summed E-state index contributed by atoms with van der Waals surface area (Å²) in [4.78, 5) is 36.0. The van der Waals surface area contributed by atoms with E-state index in [1.807, 2.05) is 6.07 Å². The van der Waals surface area contributed by atoms with Gasteiger partial charge in [0.2, 0.25) is 0 Å². The maximum absolute atomic E-state index is 12.5. The Morgan fingerprint density at radius 3 is 2.78 bits per heavy atom. The molecule has 8 nitrogen and oxygen atoms in total. The molecule has 1 aliphatic carbocycles. The number of nitrogens with zero attached hydrogens (tertiary/aromatic N) is 4. The Morgan fingerprint density at radius 1 is 1.16 bits per heavy atom. The van der Waals surface area contributed by atoms with Crippen LogP contribution in [-0.2, 0) is 42.4 Å². The fourth-order valence-electron chi connectivity index (χ4n) is 4.31. The van der Waals surface area contributed by atoms with E-state index < -0.39 is 5.97 Å². The first-order chi connectivity index (χ1) is 15.5. The highest BCUT2D eigenvalue weighted by Crippen LogP contribution is 2.37. The molecule has 4 aromatic rings. The van der Waals surface area contributed by atoms with Crippen molar-refractivity contribution in [2.45, 2.75) is 45.1 Å². The molecule has 0 amide bonds. The lowest BCUT2D eigenvalue weighted by atomic mass is 10.1. The van der Waals surface area contributed by atoms with Gasteiger partial charge in [-0.1, -0.05) is 24.6 Å². The third kappa shape index (κ3) is 3.73. The number of benzene rings is 1. The van der Waals surface area contributed by atoms with Crippen LogP contribution >= 0.6 is 11.3 Å². The van der Waals surface area contributed by atoms with Gasteiger partial charge in [0, 0.05) is 17.3 Å². The lowest BCUT2D eigenvalue weighted by Gasteiger charge is -2.09. The largest absolute Gasteiger partial charge is 0.457 e. The van der Waals surface area contributed by atoms with E-state index in [9.17, 15) is 9.59 Å². The number of carbonyl (C=O) groups excluding carboxylic acids is 1. The van der Waals surface area contributed by atoms with Crippen molar-refractivity contribution in [1.82, 2.24) is 19.7 Å². The Bertz CT molecular complexity index is 1410. The zero-order chi connectivity index (χ0) is 22.2. The van der Waals surface area contributed by atoms with Crippen LogP contribution in [0.25, 0.3) is 21.0 Å². The lowest BCUT2D eigenvalue weighted by Crippen LogP contribution is -2.23. The third-order valence-corrected chi connectivity index (χ3v) is 7.03. The van der Waals surface area contributed by atoms with Crippen molar-refractivity contribution >= 4 is 44.1 Å². The first-order valence-electron chi connectivity index (χ1n) is 10.7. The van der Waals surface area contributed by atoms with Gasteiger partial charge in [-0.3, -0.25) is 9.59 Å². The fourth-order valence-corrected chi connectivity index (χ4v) is 5.60. The maximum atomic E-state index is 12.5. The fraction of sp³-hybridized carbons (Fsp3) is 0.348. The van der Waals surface area contributed by atoms with E-state index in [4.69, 9.17) is 10.5 Å². The van der Waals surface area contributed by atoms with Gasteiger partial charge in [0.1, 0.15) is 10.6 Å². The Balaban J connectivity index is 1.35. The molecule has 32 heavy (non-hydrogen) atoms. The first kappa shape index (κ1) is 20.6. The molecule has 5 rings (SSSR count). The van der Waals surface area contributed by atoms with Crippen LogP contribution in [0.5, 0.6) is 0 Å². The van der Waals surface area contributed by atoms with Crippen LogP contribution in [-0.4, -0.2) is 25.7 Å². The van der Waals surface area contributed by atoms with Crippen molar-refractivity contribution < 1.29 is 9.53 Å². The van der Waals surface area contributed by atoms with Crippen molar-refractivity contribution in [2.75, 3.05) is 5.73 Å². The zero-order valence-electron chi connectivity index (χ0n) is 17.8. The summed E-state index contributed by atoms with van der Waals surface area (Å²) < 4.78 is 6.67. The van der Waals surface area contributed by atoms with Crippen LogP contribution in [0.2, 0.25) is 0 Å². The van der Waals surface area contributed by atoms with E-state index in [2.05, 4.69) is 15.1 Å². The number of nitrogens with two attached hydrogens (primary N) is 1. The smallest absolute Gasteiger partial charge is 0.312 e. The number of thiophene rings is 1. The first-order valence-corrected chi connectivity index (χ1v) is 11.5. The van der Waals surface area contributed by atoms with Crippen LogP contribution in [0, 0.1) is 0 Å². The highest BCUT2D eigenvalue weighted by atomic mass is 32.1. The van der Waals surface area contributed by atoms with Crippen molar-refractivity contribution in [2.24, 2.45) is 7.05 Å². The Morgan fingerprint density at radius 2 is 1.94 bits per heavy atom. The number of ether oxygens (including phenoxy) is 1. The van der Waals surface area contributed by atoms with E-state index in [1.165, 1.54) is 28.0 Å². The van der Waals surface area contributed by atoms with Gasteiger partial charge in [-0.2, -0.15) is 5.10 Å². The molecule has 164 valence electrons. The molecule has 0 unspecified atom stereocenters. The summed E-state index contributed by atoms with van der Waals surface area (Å²) in [6.07, 6.45) is 5.59. The van der Waals surface area contributed by atoms with Gasteiger partial charge < -0.3 is 10.5 Å². The van der Waals surface area contributed by atoms with Gasteiger partial charge in [-0.15, -0.1) is 11.3 Å². The SMILES string of the molecule is Cn1nc(CC(=O)OCc2nc(N)c3c4c(sc3n2)CCCCC4)c2ccccc2c1=O. The van der Waals surface area contributed by atoms with Gasteiger partial charge in [-0.05, 0) is 37.3 Å². The van der Waals surface area contributed by atoms with E-state index >= 15 is 0 Å². The summed E-state index contributed by atoms with van der Waals surface area (Å²) in [5, 5.41) is 6.38. The molecule has 2 N–H and O–H groups in total. The van der Waals surface area contributed by atoms with Crippen LogP contribution in [0.15, 0.2) is 29.1 Å². The molecule has 9 heteroatoms. The van der Waals surface area contributed by atoms with E-state index in [1.54, 1.807) is 36.6 Å². The topological polar surface area (TPSA) is 113 Å². The molecular formula is C23H23N5O3S. The molecule has 1 aromatic carbocycles. The summed E-state index contributed by atoms with van der Waals surface area (Å²) in [5.74, 6) is 0.370. The molecule has 1 aliphatic rings. The summed E-state index contributed by atoms with van der Waals surface area (Å²) in [5.41, 5.74) is 7.85. The van der Waals surface area contributed by atoms with Crippen molar-refractivity contribution in [1.29, 1.82) is 0 Å². The number of hydrogen-bond acceptors (Lipinski definition) is 8. The molecule has 0 aliphatic heterocycles. The molecular weight excluding hydrogens is 426 g/mol. The van der Waals surface area contributed by atoms with E-state index in [-0.39, 0.29) is 18.6 Å². The van der Waals surface area contributed by atoms with Crippen molar-refractivity contribution in [3.8, 4) is 0 Å². The normalized spacial score (nSPS) is 13.8. The van der Waals surface area contributed by atoms with Gasteiger partial charge in [0.05, 0.1) is 22.9 Å². The summed E-state index contributed by atoms with van der Waals surface area (Å²) >= 11 is 1.67. The molecule has 0 saturated carbocycles. The van der Waals surface area contributed by atoms with Crippen molar-refractivity contribution in [3.05, 3.63) is 56.6 Å². The summed E-state index contributed by atoms with van der Waals surface area (Å²) in [7, 11) is 1.57. The monoisotopic (exact) mass is 449 g/mol. The minimum atomic E-state index is -0.467. The van der Waals surface area contributed by atoms with Gasteiger partial charge in [0.25, 0.3) is 5.56 Å². The van der Waals surface area contributed by atoms with E-state index in [0.717, 1.165) is 29.5 Å². The molecule has 3 heterocycles. The number of nitrogen functional groups attached to an aromatic ring is 1. The zero-order valence-corrected chi connectivity index (χ0v) is 18.6. The summed E-state index contributed by atoms with van der Waals surface area (Å²) in [6, 6.07) is 7.11. The lowest BCUT2D eigenvalue weighted by molar-refractivity contribution is -0.144. The van der Waals surface area contributed by atoms with Crippen molar-refractivity contribution in [3.63, 3.8) is 0 Å². The number of fused-ring (bicyclic) bond motifs is 4. The maximum Gasteiger partial charge on any atom is 0.312 e. The highest BCUT2D eigenvalue weighted by Gasteiger charge is 2.20. The second-order valence-electron chi connectivity index (χ2n) is 8.03. The number of carbonyl (C=O) groups is 1. The molecule has 0 spiro atoms. The van der Waals surface area contributed by atoms with Gasteiger partial charge in [0.15, 0.2) is 12.4 Å². The Kier molecular flexibility index (Phi) is 5.34. The Labute approximate surface area is 188 Å². The summed E-state index contributed by atoms with van der Waals surface area (Å²) in [6.45, 7) is -0.0642. The molecule has 0 saturated heterocycles. The van der Waals surface area contributed by atoms with Crippen LogP contribution in [0.4, 0.5) is 5.82 Å². The second-order valence-corrected chi connectivity index (χ2v) is 9.11. The molecule has 0 fully saturated rings. The predicted molar refractivity (Wildman–Crippen MR) is 124 cm³/mol. The number of anilines is 1. The predicted octanol–water partition coefficient (Wildman–Crippen LogP) is 3.08. The standard InChI is InChI=1S/C23H23N5O3S/c1-28-23(30)14-8-6-5-7-13(14)16(27-28)11-19(29)31-12-18-25-21(24)20-15-9-3-2-4-10-17(15)32-22(20)26-18/h5-8H,2-4,9-12H2,1H3,(H2,24,25,26). The highest BCUT2D eigenvalue weighted by molar-refractivity contribution is 7.19. The minimum Gasteiger partial charge on any atom is -0.457 e.